The summed E-state index contributed by atoms with van der Waals surface area (Å²) in [5.74, 6) is 0.0130. The highest BCUT2D eigenvalue weighted by molar-refractivity contribution is 14.1. The summed E-state index contributed by atoms with van der Waals surface area (Å²) in [4.78, 5) is 39.6. The van der Waals surface area contributed by atoms with Gasteiger partial charge in [0.1, 0.15) is 17.9 Å². The van der Waals surface area contributed by atoms with E-state index >= 15 is 0 Å². The SMILES string of the molecule is CCOc1cc(/C=C2\C(=O)NC(=O)N(c3ccc(OCc4ccc(Cl)cc4Cl)cc3)C2=O)cc(I)c1OC(C)C. The van der Waals surface area contributed by atoms with Crippen LogP contribution >= 0.6 is 45.8 Å². The standard InChI is InChI=1S/C29H25Cl2IN2O6/c1-4-38-25-13-17(12-24(32)26(25)40-16(2)3)11-22-27(35)33-29(37)34(28(22)36)20-7-9-21(10-8-20)39-15-18-5-6-19(30)14-23(18)31/h5-14,16H,4,15H2,1-3H3,(H,33,35,37)/b22-11+. The smallest absolute Gasteiger partial charge is 0.335 e. The average Bonchev–Trinajstić information content (AvgIpc) is 2.89. The zero-order valence-electron chi connectivity index (χ0n) is 21.8. The van der Waals surface area contributed by atoms with Gasteiger partial charge in [-0.25, -0.2) is 9.69 Å². The number of barbiturate groups is 1. The van der Waals surface area contributed by atoms with Gasteiger partial charge in [0, 0.05) is 15.6 Å². The van der Waals surface area contributed by atoms with Crippen molar-refractivity contribution in [1.29, 1.82) is 0 Å². The number of nitrogens with one attached hydrogen (secondary N) is 1. The lowest BCUT2D eigenvalue weighted by Gasteiger charge is -2.26. The Kier molecular flexibility index (Phi) is 9.60. The molecule has 1 heterocycles. The predicted octanol–water partition coefficient (Wildman–Crippen LogP) is 7.03. The minimum absolute atomic E-state index is 0.0748. The fraction of sp³-hybridized carbons (Fsp3) is 0.207. The number of ether oxygens (including phenoxy) is 3. The van der Waals surface area contributed by atoms with Crippen molar-refractivity contribution < 1.29 is 28.6 Å². The van der Waals surface area contributed by atoms with Gasteiger partial charge in [-0.3, -0.25) is 14.9 Å². The summed E-state index contributed by atoms with van der Waals surface area (Å²) in [6, 6.07) is 14.1. The quantitative estimate of drug-likeness (QED) is 0.147. The number of halogens is 3. The lowest BCUT2D eigenvalue weighted by molar-refractivity contribution is -0.122. The Morgan fingerprint density at radius 1 is 1.00 bits per heavy atom. The number of urea groups is 1. The van der Waals surface area contributed by atoms with Crippen molar-refractivity contribution in [1.82, 2.24) is 5.32 Å². The van der Waals surface area contributed by atoms with Crippen molar-refractivity contribution >= 4 is 75.4 Å². The van der Waals surface area contributed by atoms with Crippen LogP contribution in [0.1, 0.15) is 31.9 Å². The highest BCUT2D eigenvalue weighted by Gasteiger charge is 2.37. The van der Waals surface area contributed by atoms with Crippen molar-refractivity contribution in [3.8, 4) is 17.2 Å². The number of amides is 4. The predicted molar refractivity (Wildman–Crippen MR) is 162 cm³/mol. The molecule has 0 aromatic heterocycles. The molecule has 0 saturated carbocycles. The number of rotatable bonds is 9. The van der Waals surface area contributed by atoms with Crippen LogP contribution in [0.4, 0.5) is 10.5 Å². The Balaban J connectivity index is 1.57. The molecule has 4 amide bonds. The molecule has 0 aliphatic carbocycles. The summed E-state index contributed by atoms with van der Waals surface area (Å²) in [6.07, 6.45) is 1.35. The molecule has 1 aliphatic heterocycles. The summed E-state index contributed by atoms with van der Waals surface area (Å²) < 4.78 is 18.2. The number of anilines is 1. The third-order valence-electron chi connectivity index (χ3n) is 5.60. The lowest BCUT2D eigenvalue weighted by atomic mass is 10.1. The minimum atomic E-state index is -0.848. The molecule has 208 valence electrons. The zero-order valence-corrected chi connectivity index (χ0v) is 25.5. The van der Waals surface area contributed by atoms with Crippen LogP contribution in [0.25, 0.3) is 6.08 Å². The van der Waals surface area contributed by atoms with Crippen LogP contribution in [0.15, 0.2) is 60.2 Å². The van der Waals surface area contributed by atoms with Crippen molar-refractivity contribution in [3.05, 3.63) is 84.9 Å². The molecule has 11 heteroatoms. The molecule has 0 bridgehead atoms. The van der Waals surface area contributed by atoms with Gasteiger partial charge in [-0.1, -0.05) is 29.3 Å². The molecule has 0 radical (unpaired) electrons. The van der Waals surface area contributed by atoms with E-state index in [0.29, 0.717) is 39.5 Å². The van der Waals surface area contributed by atoms with Crippen molar-refractivity contribution in [2.75, 3.05) is 11.5 Å². The number of carbonyl (C=O) groups is 3. The van der Waals surface area contributed by atoms with Crippen LogP contribution in [0.3, 0.4) is 0 Å². The fourth-order valence-corrected chi connectivity index (χ4v) is 5.05. The monoisotopic (exact) mass is 694 g/mol. The summed E-state index contributed by atoms with van der Waals surface area (Å²) in [5.41, 5.74) is 1.36. The van der Waals surface area contributed by atoms with E-state index in [1.54, 1.807) is 54.6 Å². The van der Waals surface area contributed by atoms with Crippen LogP contribution in [0.2, 0.25) is 10.0 Å². The Morgan fingerprint density at radius 2 is 1.73 bits per heavy atom. The van der Waals surface area contributed by atoms with Gasteiger partial charge in [0.15, 0.2) is 11.5 Å². The normalized spacial score (nSPS) is 14.5. The fourth-order valence-electron chi connectivity index (χ4n) is 3.83. The highest BCUT2D eigenvalue weighted by Crippen LogP contribution is 2.36. The van der Waals surface area contributed by atoms with Gasteiger partial charge in [0.2, 0.25) is 0 Å². The van der Waals surface area contributed by atoms with E-state index in [0.717, 1.165) is 14.0 Å². The second kappa shape index (κ2) is 12.9. The Labute approximate surface area is 255 Å². The largest absolute Gasteiger partial charge is 0.490 e. The Bertz CT molecular complexity index is 1490. The molecule has 0 spiro atoms. The Morgan fingerprint density at radius 3 is 2.38 bits per heavy atom. The molecule has 40 heavy (non-hydrogen) atoms. The first-order valence-corrected chi connectivity index (χ1v) is 14.1. The van der Waals surface area contributed by atoms with Crippen LogP contribution in [-0.2, 0) is 16.2 Å². The number of benzene rings is 3. The van der Waals surface area contributed by atoms with Crippen LogP contribution in [-0.4, -0.2) is 30.6 Å². The molecular weight excluding hydrogens is 670 g/mol. The van der Waals surface area contributed by atoms with E-state index in [-0.39, 0.29) is 24.0 Å². The first kappa shape index (κ1) is 29.7. The van der Waals surface area contributed by atoms with Gasteiger partial charge in [0.05, 0.1) is 22.0 Å². The van der Waals surface area contributed by atoms with E-state index < -0.39 is 17.8 Å². The summed E-state index contributed by atoms with van der Waals surface area (Å²) in [5, 5.41) is 3.24. The van der Waals surface area contributed by atoms with E-state index in [1.165, 1.54) is 6.08 Å². The second-order valence-corrected chi connectivity index (χ2v) is 10.9. The molecular formula is C29H25Cl2IN2O6. The van der Waals surface area contributed by atoms with E-state index in [9.17, 15) is 14.4 Å². The van der Waals surface area contributed by atoms with E-state index in [2.05, 4.69) is 27.9 Å². The topological polar surface area (TPSA) is 94.2 Å². The maximum Gasteiger partial charge on any atom is 0.335 e. The molecule has 1 aliphatic rings. The third-order valence-corrected chi connectivity index (χ3v) is 6.99. The molecule has 3 aromatic carbocycles. The molecule has 4 rings (SSSR count). The van der Waals surface area contributed by atoms with E-state index in [1.807, 2.05) is 20.8 Å². The highest BCUT2D eigenvalue weighted by atomic mass is 127. The maximum absolute atomic E-state index is 13.4. The molecule has 1 fully saturated rings. The number of nitrogens with zero attached hydrogens (tertiary/aromatic N) is 1. The molecule has 3 aromatic rings. The summed E-state index contributed by atoms with van der Waals surface area (Å²) in [6.45, 7) is 6.27. The van der Waals surface area contributed by atoms with Gasteiger partial charge in [-0.2, -0.15) is 0 Å². The first-order valence-electron chi connectivity index (χ1n) is 12.3. The number of hydrogen-bond acceptors (Lipinski definition) is 6. The Hall–Kier alpha value is -3.28. The van der Waals surface area contributed by atoms with Crippen molar-refractivity contribution in [3.63, 3.8) is 0 Å². The lowest BCUT2D eigenvalue weighted by Crippen LogP contribution is -2.54. The second-order valence-electron chi connectivity index (χ2n) is 8.91. The molecule has 0 atom stereocenters. The number of hydrogen-bond donors (Lipinski definition) is 1. The summed E-state index contributed by atoms with van der Waals surface area (Å²) in [7, 11) is 0. The molecule has 1 N–H and O–H groups in total. The van der Waals surface area contributed by atoms with Crippen LogP contribution in [0.5, 0.6) is 17.2 Å². The van der Waals surface area contributed by atoms with Crippen LogP contribution in [0, 0.1) is 3.57 Å². The average molecular weight is 695 g/mol. The maximum atomic E-state index is 13.4. The summed E-state index contributed by atoms with van der Waals surface area (Å²) >= 11 is 14.2. The molecule has 8 nitrogen and oxygen atoms in total. The van der Waals surface area contributed by atoms with Gasteiger partial charge in [-0.05, 0) is 104 Å². The third kappa shape index (κ3) is 6.89. The molecule has 1 saturated heterocycles. The van der Waals surface area contributed by atoms with Gasteiger partial charge in [-0.15, -0.1) is 0 Å². The first-order chi connectivity index (χ1) is 19.1. The number of imide groups is 2. The zero-order chi connectivity index (χ0) is 29.0. The van der Waals surface area contributed by atoms with E-state index in [4.69, 9.17) is 37.4 Å². The minimum Gasteiger partial charge on any atom is -0.490 e. The number of carbonyl (C=O) groups excluding carboxylic acids is 3. The van der Waals surface area contributed by atoms with Crippen LogP contribution < -0.4 is 24.4 Å². The molecule has 0 unspecified atom stereocenters. The van der Waals surface area contributed by atoms with Crippen molar-refractivity contribution in [2.24, 2.45) is 0 Å². The van der Waals surface area contributed by atoms with Gasteiger partial charge in [0.25, 0.3) is 11.8 Å². The van der Waals surface area contributed by atoms with Gasteiger partial charge >= 0.3 is 6.03 Å². The van der Waals surface area contributed by atoms with Crippen molar-refractivity contribution in [2.45, 2.75) is 33.5 Å². The van der Waals surface area contributed by atoms with Gasteiger partial charge < -0.3 is 14.2 Å².